The summed E-state index contributed by atoms with van der Waals surface area (Å²) in [5.74, 6) is 2.37. The average molecular weight is 285 g/mol. The van der Waals surface area contributed by atoms with Crippen LogP contribution in [0.3, 0.4) is 0 Å². The topological polar surface area (TPSA) is 46.9 Å². The van der Waals surface area contributed by atoms with Crippen molar-refractivity contribution in [2.24, 2.45) is 13.0 Å². The van der Waals surface area contributed by atoms with E-state index in [1.807, 2.05) is 18.2 Å². The highest BCUT2D eigenvalue weighted by Gasteiger charge is 2.28. The fraction of sp³-hybridized carbons (Fsp3) is 0.529. The van der Waals surface area contributed by atoms with Crippen molar-refractivity contribution in [1.82, 2.24) is 14.9 Å². The van der Waals surface area contributed by atoms with Crippen molar-refractivity contribution in [2.45, 2.75) is 39.0 Å². The third-order valence-corrected chi connectivity index (χ3v) is 4.13. The van der Waals surface area contributed by atoms with Crippen LogP contribution >= 0.6 is 0 Å². The highest BCUT2D eigenvalue weighted by atomic mass is 16.1. The molecule has 0 unspecified atom stereocenters. The quantitative estimate of drug-likeness (QED) is 0.917. The van der Waals surface area contributed by atoms with Crippen LogP contribution < -0.4 is 5.32 Å². The van der Waals surface area contributed by atoms with Crippen molar-refractivity contribution in [3.63, 3.8) is 0 Å². The summed E-state index contributed by atoms with van der Waals surface area (Å²) in [5.41, 5.74) is 2.73. The first-order chi connectivity index (χ1) is 10.1. The molecule has 0 aliphatic heterocycles. The number of aromatic nitrogens is 2. The molecule has 4 heteroatoms. The Balaban J connectivity index is 1.79. The SMILES string of the molecule is CC(C)CCNC(=O)c1ccc2c(c1)nc(C1CC1)n2C. The van der Waals surface area contributed by atoms with Gasteiger partial charge in [0.15, 0.2) is 0 Å². The van der Waals surface area contributed by atoms with Crippen molar-refractivity contribution in [3.8, 4) is 0 Å². The minimum absolute atomic E-state index is 0.00354. The van der Waals surface area contributed by atoms with Gasteiger partial charge in [-0.15, -0.1) is 0 Å². The zero-order valence-corrected chi connectivity index (χ0v) is 13.0. The number of hydrogen-bond acceptors (Lipinski definition) is 2. The lowest BCUT2D eigenvalue weighted by atomic mass is 10.1. The van der Waals surface area contributed by atoms with Crippen LogP contribution in [0.1, 0.15) is 55.2 Å². The number of carbonyl (C=O) groups is 1. The Bertz CT molecular complexity index is 668. The zero-order valence-electron chi connectivity index (χ0n) is 13.0. The van der Waals surface area contributed by atoms with Crippen LogP contribution in [0.25, 0.3) is 11.0 Å². The lowest BCUT2D eigenvalue weighted by Gasteiger charge is -2.07. The smallest absolute Gasteiger partial charge is 0.251 e. The average Bonchev–Trinajstić information content (AvgIpc) is 3.23. The number of rotatable bonds is 5. The van der Waals surface area contributed by atoms with E-state index in [4.69, 9.17) is 4.98 Å². The number of carbonyl (C=O) groups excluding carboxylic acids is 1. The van der Waals surface area contributed by atoms with Gasteiger partial charge in [-0.3, -0.25) is 4.79 Å². The van der Waals surface area contributed by atoms with Crippen LogP contribution in [0, 0.1) is 5.92 Å². The first kappa shape index (κ1) is 14.1. The molecule has 2 aromatic rings. The maximum Gasteiger partial charge on any atom is 0.251 e. The standard InChI is InChI=1S/C17H23N3O/c1-11(2)8-9-18-17(21)13-6-7-15-14(10-13)19-16(20(15)3)12-4-5-12/h6-7,10-12H,4-5,8-9H2,1-3H3,(H,18,21). The molecule has 0 spiro atoms. The first-order valence-electron chi connectivity index (χ1n) is 7.81. The molecule has 3 rings (SSSR count). The van der Waals surface area contributed by atoms with Gasteiger partial charge >= 0.3 is 0 Å². The van der Waals surface area contributed by atoms with E-state index in [2.05, 4.69) is 30.8 Å². The van der Waals surface area contributed by atoms with Gasteiger partial charge < -0.3 is 9.88 Å². The predicted octanol–water partition coefficient (Wildman–Crippen LogP) is 3.23. The molecule has 1 aliphatic carbocycles. The molecule has 1 N–H and O–H groups in total. The number of aryl methyl sites for hydroxylation is 1. The minimum Gasteiger partial charge on any atom is -0.352 e. The van der Waals surface area contributed by atoms with Gasteiger partial charge in [0.05, 0.1) is 11.0 Å². The van der Waals surface area contributed by atoms with E-state index in [0.717, 1.165) is 29.8 Å². The lowest BCUT2D eigenvalue weighted by molar-refractivity contribution is 0.0952. The fourth-order valence-corrected chi connectivity index (χ4v) is 2.64. The number of nitrogens with one attached hydrogen (secondary N) is 1. The van der Waals surface area contributed by atoms with Gasteiger partial charge in [0.25, 0.3) is 5.91 Å². The van der Waals surface area contributed by atoms with E-state index in [9.17, 15) is 4.79 Å². The second-order valence-corrected chi connectivity index (χ2v) is 6.45. The third-order valence-electron chi connectivity index (χ3n) is 4.13. The van der Waals surface area contributed by atoms with E-state index < -0.39 is 0 Å². The Labute approximate surface area is 125 Å². The fourth-order valence-electron chi connectivity index (χ4n) is 2.64. The Morgan fingerprint density at radius 3 is 2.86 bits per heavy atom. The van der Waals surface area contributed by atoms with Crippen LogP contribution in [0.2, 0.25) is 0 Å². The summed E-state index contributed by atoms with van der Waals surface area (Å²) in [6.07, 6.45) is 3.48. The van der Waals surface area contributed by atoms with Crippen molar-refractivity contribution in [1.29, 1.82) is 0 Å². The minimum atomic E-state index is -0.00354. The molecule has 1 aromatic heterocycles. The summed E-state index contributed by atoms with van der Waals surface area (Å²) < 4.78 is 2.16. The van der Waals surface area contributed by atoms with Gasteiger partial charge in [-0.25, -0.2) is 4.98 Å². The molecule has 1 heterocycles. The number of benzene rings is 1. The Hall–Kier alpha value is -1.84. The van der Waals surface area contributed by atoms with Crippen LogP contribution in [0.5, 0.6) is 0 Å². The van der Waals surface area contributed by atoms with E-state index >= 15 is 0 Å². The summed E-state index contributed by atoms with van der Waals surface area (Å²) >= 11 is 0. The summed E-state index contributed by atoms with van der Waals surface area (Å²) in [5, 5.41) is 2.98. The molecular formula is C17H23N3O. The number of hydrogen-bond donors (Lipinski definition) is 1. The molecule has 4 nitrogen and oxygen atoms in total. The number of nitrogens with zero attached hydrogens (tertiary/aromatic N) is 2. The number of amides is 1. The second-order valence-electron chi connectivity index (χ2n) is 6.45. The molecule has 1 fully saturated rings. The highest BCUT2D eigenvalue weighted by Crippen LogP contribution is 2.40. The molecular weight excluding hydrogens is 262 g/mol. The monoisotopic (exact) mass is 285 g/mol. The zero-order chi connectivity index (χ0) is 15.0. The van der Waals surface area contributed by atoms with Gasteiger partial charge in [0, 0.05) is 25.1 Å². The van der Waals surface area contributed by atoms with Gasteiger partial charge in [-0.2, -0.15) is 0 Å². The molecule has 21 heavy (non-hydrogen) atoms. The molecule has 1 amide bonds. The summed E-state index contributed by atoms with van der Waals surface area (Å²) in [6.45, 7) is 5.04. The highest BCUT2D eigenvalue weighted by molar-refractivity contribution is 5.97. The Morgan fingerprint density at radius 2 is 2.19 bits per heavy atom. The van der Waals surface area contributed by atoms with Crippen molar-refractivity contribution >= 4 is 16.9 Å². The number of fused-ring (bicyclic) bond motifs is 1. The maximum absolute atomic E-state index is 12.2. The second kappa shape index (κ2) is 5.51. The molecule has 0 radical (unpaired) electrons. The largest absolute Gasteiger partial charge is 0.352 e. The van der Waals surface area contributed by atoms with E-state index in [1.165, 1.54) is 12.8 Å². The van der Waals surface area contributed by atoms with Crippen LogP contribution in [0.15, 0.2) is 18.2 Å². The van der Waals surface area contributed by atoms with E-state index in [-0.39, 0.29) is 5.91 Å². The first-order valence-corrected chi connectivity index (χ1v) is 7.81. The van der Waals surface area contributed by atoms with Gasteiger partial charge in [-0.1, -0.05) is 13.8 Å². The van der Waals surface area contributed by atoms with Gasteiger partial charge in [0.1, 0.15) is 5.82 Å². The van der Waals surface area contributed by atoms with Crippen LogP contribution in [0.4, 0.5) is 0 Å². The summed E-state index contributed by atoms with van der Waals surface area (Å²) in [4.78, 5) is 16.9. The van der Waals surface area contributed by atoms with Crippen molar-refractivity contribution in [2.75, 3.05) is 6.54 Å². The van der Waals surface area contributed by atoms with Crippen molar-refractivity contribution in [3.05, 3.63) is 29.6 Å². The summed E-state index contributed by atoms with van der Waals surface area (Å²) in [6, 6.07) is 5.81. The molecule has 0 saturated heterocycles. The normalized spacial score (nSPS) is 14.9. The maximum atomic E-state index is 12.2. The molecule has 112 valence electrons. The Morgan fingerprint density at radius 1 is 1.43 bits per heavy atom. The lowest BCUT2D eigenvalue weighted by Crippen LogP contribution is -2.25. The number of imidazole rings is 1. The third kappa shape index (κ3) is 2.94. The van der Waals surface area contributed by atoms with Crippen molar-refractivity contribution < 1.29 is 4.79 Å². The molecule has 0 atom stereocenters. The molecule has 0 bridgehead atoms. The molecule has 1 aromatic carbocycles. The Kier molecular flexibility index (Phi) is 3.70. The van der Waals surface area contributed by atoms with Crippen LogP contribution in [-0.4, -0.2) is 22.0 Å². The van der Waals surface area contributed by atoms with Gasteiger partial charge in [-0.05, 0) is 43.4 Å². The van der Waals surface area contributed by atoms with Gasteiger partial charge in [0.2, 0.25) is 0 Å². The van der Waals surface area contributed by atoms with Crippen LogP contribution in [-0.2, 0) is 7.05 Å². The van der Waals surface area contributed by atoms with E-state index in [0.29, 0.717) is 17.4 Å². The predicted molar refractivity (Wildman–Crippen MR) is 84.5 cm³/mol. The molecule has 1 saturated carbocycles. The summed E-state index contributed by atoms with van der Waals surface area (Å²) in [7, 11) is 2.06. The molecule has 1 aliphatic rings. The van der Waals surface area contributed by atoms with E-state index in [1.54, 1.807) is 0 Å².